The van der Waals surface area contributed by atoms with Crippen molar-refractivity contribution in [3.8, 4) is 0 Å². The molecule has 1 aromatic heterocycles. The Hall–Kier alpha value is -3.95. The molecule has 4 aliphatic rings. The first kappa shape index (κ1) is 26.6. The fraction of sp³-hybridized carbons (Fsp3) is 0.483. The van der Waals surface area contributed by atoms with Gasteiger partial charge in [-0.3, -0.25) is 9.59 Å². The van der Waals surface area contributed by atoms with Crippen molar-refractivity contribution in [3.63, 3.8) is 0 Å². The Morgan fingerprint density at radius 2 is 2.05 bits per heavy atom. The van der Waals surface area contributed by atoms with Gasteiger partial charge >= 0.3 is 5.97 Å². The SMILES string of the molecule is C=C1C2CC1C2=CN1CCCC[C@H]1C[C@H](C)n1c(=O)c(/C(=N/OCC(N)=O)C(=O)OCC)nc2ccccc21. The van der Waals surface area contributed by atoms with Crippen molar-refractivity contribution in [1.29, 1.82) is 0 Å². The molecule has 10 heteroatoms. The van der Waals surface area contributed by atoms with E-state index < -0.39 is 29.8 Å². The van der Waals surface area contributed by atoms with Crippen molar-refractivity contribution in [2.45, 2.75) is 58.0 Å². The largest absolute Gasteiger partial charge is 0.461 e. The topological polar surface area (TPSA) is 129 Å². The minimum atomic E-state index is -0.869. The number of oxime groups is 1. The summed E-state index contributed by atoms with van der Waals surface area (Å²) < 4.78 is 6.80. The number of aromatic nitrogens is 2. The minimum Gasteiger partial charge on any atom is -0.461 e. The van der Waals surface area contributed by atoms with Crippen molar-refractivity contribution < 1.29 is 19.2 Å². The number of carbonyl (C=O) groups excluding carboxylic acids is 2. The van der Waals surface area contributed by atoms with Crippen LogP contribution in [0.5, 0.6) is 0 Å². The van der Waals surface area contributed by atoms with E-state index in [1.165, 1.54) is 17.6 Å². The van der Waals surface area contributed by atoms with Crippen LogP contribution < -0.4 is 11.3 Å². The molecule has 3 saturated carbocycles. The van der Waals surface area contributed by atoms with E-state index in [0.29, 0.717) is 22.9 Å². The Morgan fingerprint density at radius 3 is 2.74 bits per heavy atom. The lowest BCUT2D eigenvalue weighted by Gasteiger charge is -2.56. The highest BCUT2D eigenvalue weighted by atomic mass is 16.6. The number of rotatable bonds is 10. The van der Waals surface area contributed by atoms with E-state index in [1.807, 2.05) is 25.1 Å². The summed E-state index contributed by atoms with van der Waals surface area (Å²) in [5.41, 5.74) is 8.12. The lowest BCUT2D eigenvalue weighted by Crippen LogP contribution is -2.47. The van der Waals surface area contributed by atoms with Crippen LogP contribution in [0, 0.1) is 11.8 Å². The number of hydrogen-bond donors (Lipinski definition) is 1. The number of primary amides is 1. The number of nitrogens with zero attached hydrogens (tertiary/aromatic N) is 4. The van der Waals surface area contributed by atoms with Crippen LogP contribution >= 0.6 is 0 Å². The Bertz CT molecular complexity index is 1410. The predicted octanol–water partition coefficient (Wildman–Crippen LogP) is 3.06. The molecular formula is C29H35N5O5. The second kappa shape index (κ2) is 11.0. The summed E-state index contributed by atoms with van der Waals surface area (Å²) in [6.07, 6.45) is 7.67. The molecule has 6 rings (SSSR count). The Balaban J connectivity index is 1.49. The minimum absolute atomic E-state index is 0.0634. The molecule has 1 aliphatic heterocycles. The highest BCUT2D eigenvalue weighted by molar-refractivity contribution is 6.42. The summed E-state index contributed by atoms with van der Waals surface area (Å²) >= 11 is 0. The highest BCUT2D eigenvalue weighted by Gasteiger charge is 2.51. The summed E-state index contributed by atoms with van der Waals surface area (Å²) in [4.78, 5) is 49.8. The number of hydrogen-bond acceptors (Lipinski definition) is 8. The number of likely N-dealkylation sites (tertiary alicyclic amines) is 1. The van der Waals surface area contributed by atoms with E-state index in [1.54, 1.807) is 17.6 Å². The lowest BCUT2D eigenvalue weighted by atomic mass is 9.49. The van der Waals surface area contributed by atoms with Gasteiger partial charge in [-0.25, -0.2) is 9.78 Å². The number of amides is 1. The normalized spacial score (nSPS) is 23.1. The standard InChI is InChI=1S/C29H35N5O5/c1-4-38-29(37)27(32-39-16-25(30)35)26-28(36)34(24-11-6-5-10-23(24)31-26)17(2)13-19-9-7-8-12-33(19)15-22-20-14-21(22)18(20)3/h5-6,10-11,15,17,19-21H,3-4,7-9,12-14,16H2,1-2H3,(H2,30,35)/b22-15?,32-27-/t17-,19-,20?,21?/m0/s1. The quantitative estimate of drug-likeness (QED) is 0.215. The number of esters is 1. The second-order valence-corrected chi connectivity index (χ2v) is 10.5. The summed E-state index contributed by atoms with van der Waals surface area (Å²) in [7, 11) is 0. The number of ether oxygens (including phenoxy) is 1. The molecule has 2 aromatic rings. The second-order valence-electron chi connectivity index (χ2n) is 10.5. The zero-order valence-electron chi connectivity index (χ0n) is 22.5. The molecule has 206 valence electrons. The molecule has 1 saturated heterocycles. The van der Waals surface area contributed by atoms with Crippen LogP contribution in [-0.2, 0) is 19.2 Å². The monoisotopic (exact) mass is 533 g/mol. The Labute approximate surface area is 227 Å². The van der Waals surface area contributed by atoms with Gasteiger partial charge in [0.2, 0.25) is 5.71 Å². The summed E-state index contributed by atoms with van der Waals surface area (Å²) in [5, 5.41) is 3.76. The molecule has 39 heavy (non-hydrogen) atoms. The van der Waals surface area contributed by atoms with E-state index in [9.17, 15) is 14.4 Å². The van der Waals surface area contributed by atoms with Crippen LogP contribution in [-0.4, -0.2) is 57.8 Å². The molecule has 2 bridgehead atoms. The van der Waals surface area contributed by atoms with Crippen molar-refractivity contribution in [1.82, 2.24) is 14.5 Å². The number of carbonyl (C=O) groups is 2. The number of piperidine rings is 1. The fourth-order valence-corrected chi connectivity index (χ4v) is 5.91. The molecule has 10 nitrogen and oxygen atoms in total. The lowest BCUT2D eigenvalue weighted by molar-refractivity contribution is -0.135. The van der Waals surface area contributed by atoms with Gasteiger partial charge < -0.3 is 24.8 Å². The number of fused-ring (bicyclic) bond motifs is 1. The highest BCUT2D eigenvalue weighted by Crippen LogP contribution is 2.61. The van der Waals surface area contributed by atoms with Gasteiger partial charge in [-0.1, -0.05) is 29.4 Å². The van der Waals surface area contributed by atoms with E-state index in [0.717, 1.165) is 32.2 Å². The number of nitrogens with two attached hydrogens (primary N) is 1. The number of allylic oxidation sites excluding steroid dienone is 2. The maximum Gasteiger partial charge on any atom is 0.362 e. The third-order valence-corrected chi connectivity index (χ3v) is 8.06. The van der Waals surface area contributed by atoms with Crippen LogP contribution in [0.25, 0.3) is 11.0 Å². The summed E-state index contributed by atoms with van der Waals surface area (Å²) in [6.45, 7) is 8.35. The third-order valence-electron chi connectivity index (χ3n) is 8.06. The Kier molecular flexibility index (Phi) is 7.54. The van der Waals surface area contributed by atoms with Crippen LogP contribution in [0.15, 0.2) is 58.1 Å². The molecular weight excluding hydrogens is 498 g/mol. The molecule has 2 heterocycles. The fourth-order valence-electron chi connectivity index (χ4n) is 5.91. The molecule has 4 atom stereocenters. The van der Waals surface area contributed by atoms with Crippen molar-refractivity contribution in [3.05, 3.63) is 64.2 Å². The maximum absolute atomic E-state index is 13.9. The van der Waals surface area contributed by atoms with Gasteiger partial charge in [-0.05, 0) is 69.9 Å². The molecule has 4 fully saturated rings. The van der Waals surface area contributed by atoms with Crippen LogP contribution in [0.1, 0.15) is 57.7 Å². The van der Waals surface area contributed by atoms with E-state index >= 15 is 0 Å². The van der Waals surface area contributed by atoms with Crippen LogP contribution in [0.3, 0.4) is 0 Å². The van der Waals surface area contributed by atoms with Gasteiger partial charge in [0, 0.05) is 30.5 Å². The molecule has 2 N–H and O–H groups in total. The number of benzene rings is 1. The smallest absolute Gasteiger partial charge is 0.362 e. The van der Waals surface area contributed by atoms with Gasteiger partial charge in [0.15, 0.2) is 12.3 Å². The molecule has 0 radical (unpaired) electrons. The van der Waals surface area contributed by atoms with Gasteiger partial charge in [0.05, 0.1) is 17.6 Å². The average Bonchev–Trinajstić information content (AvgIpc) is 2.89. The van der Waals surface area contributed by atoms with Crippen molar-refractivity contribution in [2.24, 2.45) is 22.7 Å². The van der Waals surface area contributed by atoms with Crippen molar-refractivity contribution >= 4 is 28.6 Å². The first-order valence-electron chi connectivity index (χ1n) is 13.6. The van der Waals surface area contributed by atoms with Crippen LogP contribution in [0.4, 0.5) is 0 Å². The van der Waals surface area contributed by atoms with Crippen molar-refractivity contribution in [2.75, 3.05) is 19.8 Å². The number of para-hydroxylation sites is 2. The molecule has 3 aliphatic carbocycles. The first-order valence-corrected chi connectivity index (χ1v) is 13.6. The predicted molar refractivity (Wildman–Crippen MR) is 147 cm³/mol. The maximum atomic E-state index is 13.9. The van der Waals surface area contributed by atoms with Crippen LogP contribution in [0.2, 0.25) is 0 Å². The van der Waals surface area contributed by atoms with E-state index in [-0.39, 0.29) is 24.4 Å². The summed E-state index contributed by atoms with van der Waals surface area (Å²) in [5.74, 6) is -0.523. The van der Waals surface area contributed by atoms with Gasteiger partial charge in [0.1, 0.15) is 0 Å². The Morgan fingerprint density at radius 1 is 1.28 bits per heavy atom. The zero-order chi connectivity index (χ0) is 27.7. The zero-order valence-corrected chi connectivity index (χ0v) is 22.5. The third kappa shape index (κ3) is 5.07. The summed E-state index contributed by atoms with van der Waals surface area (Å²) in [6, 6.07) is 7.39. The van der Waals surface area contributed by atoms with Gasteiger partial charge in [0.25, 0.3) is 11.5 Å². The molecule has 1 aromatic carbocycles. The molecule has 1 amide bonds. The first-order chi connectivity index (χ1) is 18.8. The average molecular weight is 534 g/mol. The van der Waals surface area contributed by atoms with E-state index in [2.05, 4.69) is 27.8 Å². The van der Waals surface area contributed by atoms with E-state index in [4.69, 9.17) is 15.3 Å². The molecule has 2 unspecified atom stereocenters. The molecule has 0 spiro atoms. The van der Waals surface area contributed by atoms with Gasteiger partial charge in [-0.2, -0.15) is 0 Å². The van der Waals surface area contributed by atoms with Gasteiger partial charge in [-0.15, -0.1) is 0 Å².